The number of carbonyl (C=O) groups is 2. The molecule has 3 aromatic carbocycles. The van der Waals surface area contributed by atoms with Gasteiger partial charge in [0.15, 0.2) is 9.84 Å². The highest BCUT2D eigenvalue weighted by atomic mass is 35.5. The van der Waals surface area contributed by atoms with Gasteiger partial charge in [-0.3, -0.25) is 4.79 Å². The molecule has 2 amide bonds. The maximum atomic E-state index is 14.8. The van der Waals surface area contributed by atoms with E-state index < -0.39 is 39.0 Å². The molecule has 0 bridgehead atoms. The van der Waals surface area contributed by atoms with E-state index >= 15 is 0 Å². The number of hydrogen-bond acceptors (Lipinski definition) is 6. The predicted octanol–water partition coefficient (Wildman–Crippen LogP) is 8.64. The largest absolute Gasteiger partial charge is 0.496 e. The molecule has 0 atom stereocenters. The first-order chi connectivity index (χ1) is 22.5. The van der Waals surface area contributed by atoms with Crippen molar-refractivity contribution in [3.05, 3.63) is 81.7 Å². The lowest BCUT2D eigenvalue weighted by atomic mass is 9.87. The van der Waals surface area contributed by atoms with Crippen molar-refractivity contribution in [3.8, 4) is 16.9 Å². The highest BCUT2D eigenvalue weighted by Crippen LogP contribution is 2.41. The molecule has 1 N–H and O–H groups in total. The van der Waals surface area contributed by atoms with E-state index in [0.29, 0.717) is 37.0 Å². The molecule has 1 heterocycles. The van der Waals surface area contributed by atoms with Crippen molar-refractivity contribution >= 4 is 54.9 Å². The van der Waals surface area contributed by atoms with Crippen LogP contribution < -0.4 is 4.74 Å². The SMILES string of the molecule is COc1ccc(-c2ccc(S(C)(=O)=O)cc2)cc1CN(C(=O)c1sc2c(F)ccc(F)c2c1Cl)C1CCC(N(C(=O)O)C(C)(C)C)CC1. The number of halogens is 3. The van der Waals surface area contributed by atoms with Crippen LogP contribution in [0.15, 0.2) is 59.5 Å². The molecule has 4 aromatic rings. The van der Waals surface area contributed by atoms with Crippen molar-refractivity contribution < 1.29 is 36.6 Å². The Bertz CT molecular complexity index is 1970. The summed E-state index contributed by atoms with van der Waals surface area (Å²) in [5.41, 5.74) is 1.53. The smallest absolute Gasteiger partial charge is 0.407 e. The zero-order chi connectivity index (χ0) is 35.1. The van der Waals surface area contributed by atoms with Crippen LogP contribution in [-0.4, -0.2) is 66.3 Å². The van der Waals surface area contributed by atoms with Crippen molar-refractivity contribution in [2.45, 2.75) is 75.5 Å². The van der Waals surface area contributed by atoms with Crippen molar-refractivity contribution in [3.63, 3.8) is 0 Å². The third-order valence-electron chi connectivity index (χ3n) is 8.77. The molecule has 13 heteroatoms. The van der Waals surface area contributed by atoms with Gasteiger partial charge in [-0.2, -0.15) is 0 Å². The molecule has 0 aliphatic heterocycles. The normalized spacial score (nSPS) is 16.9. The maximum Gasteiger partial charge on any atom is 0.407 e. The lowest BCUT2D eigenvalue weighted by Gasteiger charge is -2.44. The molecule has 1 aliphatic carbocycles. The number of hydrogen-bond donors (Lipinski definition) is 1. The van der Waals surface area contributed by atoms with Crippen LogP contribution in [0.3, 0.4) is 0 Å². The second-order valence-electron chi connectivity index (χ2n) is 13.0. The van der Waals surface area contributed by atoms with Crippen LogP contribution in [0.1, 0.15) is 61.7 Å². The molecule has 1 aromatic heterocycles. The van der Waals surface area contributed by atoms with Crippen LogP contribution in [0, 0.1) is 11.6 Å². The van der Waals surface area contributed by atoms with Gasteiger partial charge in [0.1, 0.15) is 22.3 Å². The lowest BCUT2D eigenvalue weighted by molar-refractivity contribution is 0.0344. The number of amides is 2. The Kier molecular flexibility index (Phi) is 10.1. The summed E-state index contributed by atoms with van der Waals surface area (Å²) < 4.78 is 59.2. The Balaban J connectivity index is 1.54. The van der Waals surface area contributed by atoms with Gasteiger partial charge in [-0.25, -0.2) is 22.0 Å². The number of carboxylic acid groups (broad SMARTS) is 1. The quantitative estimate of drug-likeness (QED) is 0.196. The fourth-order valence-corrected chi connectivity index (χ4v) is 8.65. The number of fused-ring (bicyclic) bond motifs is 1. The summed E-state index contributed by atoms with van der Waals surface area (Å²) in [6.07, 6.45) is 2.11. The van der Waals surface area contributed by atoms with E-state index in [9.17, 15) is 31.9 Å². The molecule has 1 saturated carbocycles. The average molecular weight is 719 g/mol. The second-order valence-corrected chi connectivity index (χ2v) is 16.4. The molecular weight excluding hydrogens is 682 g/mol. The van der Waals surface area contributed by atoms with E-state index in [4.69, 9.17) is 16.3 Å². The van der Waals surface area contributed by atoms with Crippen LogP contribution >= 0.6 is 22.9 Å². The molecule has 48 heavy (non-hydrogen) atoms. The van der Waals surface area contributed by atoms with E-state index in [1.54, 1.807) is 23.1 Å². The van der Waals surface area contributed by atoms with Gasteiger partial charge in [0.25, 0.3) is 5.91 Å². The van der Waals surface area contributed by atoms with Gasteiger partial charge in [-0.05, 0) is 94.0 Å². The third-order valence-corrected chi connectivity index (χ3v) is 11.6. The number of methoxy groups -OCH3 is 1. The topological polar surface area (TPSA) is 104 Å². The minimum absolute atomic E-state index is 0.00568. The molecule has 256 valence electrons. The van der Waals surface area contributed by atoms with E-state index in [-0.39, 0.29) is 43.5 Å². The summed E-state index contributed by atoms with van der Waals surface area (Å²) in [7, 11) is -1.87. The van der Waals surface area contributed by atoms with E-state index in [1.807, 2.05) is 32.9 Å². The number of rotatable bonds is 8. The van der Waals surface area contributed by atoms with Gasteiger partial charge in [0, 0.05) is 36.0 Å². The van der Waals surface area contributed by atoms with Crippen molar-refractivity contribution in [2.75, 3.05) is 13.4 Å². The highest BCUT2D eigenvalue weighted by Gasteiger charge is 2.39. The van der Waals surface area contributed by atoms with Crippen LogP contribution in [0.4, 0.5) is 13.6 Å². The standard InChI is InChI=1S/C35H37ClF2N2O6S2/c1-35(2,3)40(34(42)43)24-11-9-23(10-12-24)39(33(41)32-30(36)29-26(37)15-16-27(38)31(29)47-32)19-22-18-21(8-17-28(22)46-4)20-6-13-25(14-7-20)48(5,44)45/h6-8,13-18,23-24H,9-12,19H2,1-5H3,(H,42,43). The Morgan fingerprint density at radius 1 is 0.958 bits per heavy atom. The number of carbonyl (C=O) groups excluding carboxylic acids is 1. The third kappa shape index (κ3) is 7.16. The lowest BCUT2D eigenvalue weighted by Crippen LogP contribution is -2.53. The summed E-state index contributed by atoms with van der Waals surface area (Å²) in [4.78, 5) is 29.9. The molecular formula is C35H37ClF2N2O6S2. The molecule has 0 unspecified atom stereocenters. The Morgan fingerprint density at radius 3 is 2.08 bits per heavy atom. The number of thiophene rings is 1. The summed E-state index contributed by atoms with van der Waals surface area (Å²) in [6, 6.07) is 13.3. The minimum Gasteiger partial charge on any atom is -0.496 e. The zero-order valence-electron chi connectivity index (χ0n) is 27.2. The van der Waals surface area contributed by atoms with Gasteiger partial charge < -0.3 is 19.6 Å². The first-order valence-corrected chi connectivity index (χ1v) is 18.5. The minimum atomic E-state index is -3.38. The van der Waals surface area contributed by atoms with Gasteiger partial charge in [-0.1, -0.05) is 29.8 Å². The van der Waals surface area contributed by atoms with Gasteiger partial charge in [0.2, 0.25) is 0 Å². The molecule has 5 rings (SSSR count). The summed E-state index contributed by atoms with van der Waals surface area (Å²) >= 11 is 7.39. The van der Waals surface area contributed by atoms with E-state index in [2.05, 4.69) is 0 Å². The average Bonchev–Trinajstić information content (AvgIpc) is 3.38. The molecule has 1 fully saturated rings. The Morgan fingerprint density at radius 2 is 1.54 bits per heavy atom. The first kappa shape index (κ1) is 35.6. The fraction of sp³-hybridized carbons (Fsp3) is 0.371. The van der Waals surface area contributed by atoms with Crippen LogP contribution in [0.25, 0.3) is 21.2 Å². The molecule has 1 aliphatic rings. The van der Waals surface area contributed by atoms with Crippen LogP contribution in [0.2, 0.25) is 5.02 Å². The number of nitrogens with zero attached hydrogens (tertiary/aromatic N) is 2. The predicted molar refractivity (Wildman–Crippen MR) is 184 cm³/mol. The van der Waals surface area contributed by atoms with Gasteiger partial charge in [0.05, 0.1) is 27.1 Å². The monoisotopic (exact) mass is 718 g/mol. The highest BCUT2D eigenvalue weighted by molar-refractivity contribution is 7.90. The van der Waals surface area contributed by atoms with Crippen molar-refractivity contribution in [1.82, 2.24) is 9.80 Å². The van der Waals surface area contributed by atoms with Crippen LogP contribution in [-0.2, 0) is 16.4 Å². The number of sulfone groups is 1. The zero-order valence-corrected chi connectivity index (χ0v) is 29.6. The summed E-state index contributed by atoms with van der Waals surface area (Å²) in [5, 5.41) is 9.68. The van der Waals surface area contributed by atoms with Crippen LogP contribution in [0.5, 0.6) is 5.75 Å². The molecule has 0 radical (unpaired) electrons. The Hall–Kier alpha value is -3.74. The number of ether oxygens (including phenoxy) is 1. The summed E-state index contributed by atoms with van der Waals surface area (Å²) in [5.74, 6) is -1.41. The molecule has 0 spiro atoms. The first-order valence-electron chi connectivity index (χ1n) is 15.4. The molecule has 8 nitrogen and oxygen atoms in total. The van der Waals surface area contributed by atoms with Gasteiger partial charge >= 0.3 is 6.09 Å². The van der Waals surface area contributed by atoms with E-state index in [1.165, 1.54) is 24.1 Å². The Labute approximate surface area is 287 Å². The maximum absolute atomic E-state index is 14.8. The summed E-state index contributed by atoms with van der Waals surface area (Å²) in [6.45, 7) is 5.60. The number of benzene rings is 3. The van der Waals surface area contributed by atoms with Crippen molar-refractivity contribution in [2.24, 2.45) is 0 Å². The second kappa shape index (κ2) is 13.6. The van der Waals surface area contributed by atoms with Crippen molar-refractivity contribution in [1.29, 1.82) is 0 Å². The molecule has 0 saturated heterocycles. The van der Waals surface area contributed by atoms with Gasteiger partial charge in [-0.15, -0.1) is 11.3 Å². The van der Waals surface area contributed by atoms with E-state index in [0.717, 1.165) is 40.9 Å². The fourth-order valence-electron chi connectivity index (χ4n) is 6.51.